The molecular weight excluding hydrogens is 474 g/mol. The van der Waals surface area contributed by atoms with Crippen molar-refractivity contribution in [3.05, 3.63) is 100 Å². The first kappa shape index (κ1) is 22.4. The number of anilines is 1. The van der Waals surface area contributed by atoms with Gasteiger partial charge in [0.05, 0.1) is 11.4 Å². The lowest BCUT2D eigenvalue weighted by molar-refractivity contribution is 0.0737. The van der Waals surface area contributed by atoms with Crippen LogP contribution in [-0.4, -0.2) is 46.8 Å². The van der Waals surface area contributed by atoms with E-state index in [0.29, 0.717) is 58.9 Å². The summed E-state index contributed by atoms with van der Waals surface area (Å²) in [6, 6.07) is 22.8. The quantitative estimate of drug-likeness (QED) is 0.352. The minimum atomic E-state index is -0.391. The summed E-state index contributed by atoms with van der Waals surface area (Å²) in [7, 11) is 0. The standard InChI is InChI=1S/C26H21Cl2FN4O/c27-18-8-10-20(11-9-18)33-25(17-24(30-33)22-6-1-2-7-23(22)29)26(34)32-14-12-31(13-15-32)21-5-3-4-19(28)16-21/h1-11,16-17H,12-15H2. The lowest BCUT2D eigenvalue weighted by atomic mass is 10.1. The highest BCUT2D eigenvalue weighted by molar-refractivity contribution is 6.31. The zero-order valence-electron chi connectivity index (χ0n) is 18.2. The molecule has 0 unspecified atom stereocenters. The van der Waals surface area contributed by atoms with Gasteiger partial charge in [-0.3, -0.25) is 4.79 Å². The molecule has 34 heavy (non-hydrogen) atoms. The first-order chi connectivity index (χ1) is 16.5. The molecule has 3 aromatic carbocycles. The van der Waals surface area contributed by atoms with Crippen molar-refractivity contribution in [3.63, 3.8) is 0 Å². The summed E-state index contributed by atoms with van der Waals surface area (Å²) < 4.78 is 16.0. The first-order valence-corrected chi connectivity index (χ1v) is 11.7. The van der Waals surface area contributed by atoms with Crippen LogP contribution in [0.2, 0.25) is 10.0 Å². The highest BCUT2D eigenvalue weighted by Gasteiger charge is 2.27. The van der Waals surface area contributed by atoms with Crippen molar-refractivity contribution in [2.45, 2.75) is 0 Å². The smallest absolute Gasteiger partial charge is 0.272 e. The van der Waals surface area contributed by atoms with Crippen LogP contribution in [0.25, 0.3) is 16.9 Å². The number of carbonyl (C=O) groups is 1. The van der Waals surface area contributed by atoms with Crippen LogP contribution < -0.4 is 4.90 Å². The molecular formula is C26H21Cl2FN4O. The Hall–Kier alpha value is -3.35. The molecule has 1 amide bonds. The molecule has 1 aromatic heterocycles. The Morgan fingerprint density at radius 1 is 0.794 bits per heavy atom. The molecule has 1 fully saturated rings. The molecule has 5 nitrogen and oxygen atoms in total. The predicted octanol–water partition coefficient (Wildman–Crippen LogP) is 5.95. The minimum Gasteiger partial charge on any atom is -0.368 e. The molecule has 8 heteroatoms. The van der Waals surface area contributed by atoms with Crippen molar-refractivity contribution in [3.8, 4) is 16.9 Å². The summed E-state index contributed by atoms with van der Waals surface area (Å²) in [6.45, 7) is 2.46. The Labute approximate surface area is 206 Å². The van der Waals surface area contributed by atoms with Gasteiger partial charge in [-0.25, -0.2) is 9.07 Å². The number of rotatable bonds is 4. The number of aromatic nitrogens is 2. The van der Waals surface area contributed by atoms with Crippen molar-refractivity contribution in [1.29, 1.82) is 0 Å². The van der Waals surface area contributed by atoms with Gasteiger partial charge in [-0.05, 0) is 60.7 Å². The zero-order chi connectivity index (χ0) is 23.7. The Balaban J connectivity index is 1.44. The van der Waals surface area contributed by atoms with E-state index in [1.165, 1.54) is 6.07 Å². The van der Waals surface area contributed by atoms with Crippen molar-refractivity contribution in [1.82, 2.24) is 14.7 Å². The fourth-order valence-corrected chi connectivity index (χ4v) is 4.43. The minimum absolute atomic E-state index is 0.157. The van der Waals surface area contributed by atoms with Gasteiger partial charge in [0.2, 0.25) is 0 Å². The third-order valence-corrected chi connectivity index (χ3v) is 6.38. The molecule has 2 heterocycles. The van der Waals surface area contributed by atoms with Gasteiger partial charge >= 0.3 is 0 Å². The lowest BCUT2D eigenvalue weighted by Crippen LogP contribution is -2.49. The summed E-state index contributed by atoms with van der Waals surface area (Å²) in [5.74, 6) is -0.548. The summed E-state index contributed by atoms with van der Waals surface area (Å²) >= 11 is 12.2. The summed E-state index contributed by atoms with van der Waals surface area (Å²) in [5.41, 5.74) is 2.82. The van der Waals surface area contributed by atoms with Gasteiger partial charge in [0.1, 0.15) is 11.5 Å². The molecule has 0 aliphatic carbocycles. The number of benzene rings is 3. The van der Waals surface area contributed by atoms with Crippen LogP contribution in [0.15, 0.2) is 78.9 Å². The van der Waals surface area contributed by atoms with Gasteiger partial charge in [0.15, 0.2) is 0 Å². The maximum absolute atomic E-state index is 14.5. The van der Waals surface area contributed by atoms with Crippen LogP contribution in [0.1, 0.15) is 10.5 Å². The molecule has 4 aromatic rings. The second-order valence-electron chi connectivity index (χ2n) is 8.04. The highest BCUT2D eigenvalue weighted by Crippen LogP contribution is 2.27. The molecule has 1 aliphatic heterocycles. The molecule has 0 N–H and O–H groups in total. The largest absolute Gasteiger partial charge is 0.368 e. The Morgan fingerprint density at radius 3 is 2.24 bits per heavy atom. The number of hydrogen-bond acceptors (Lipinski definition) is 3. The Kier molecular flexibility index (Phi) is 6.26. The Morgan fingerprint density at radius 2 is 1.53 bits per heavy atom. The van der Waals surface area contributed by atoms with Crippen LogP contribution in [-0.2, 0) is 0 Å². The van der Waals surface area contributed by atoms with Crippen LogP contribution in [0, 0.1) is 5.82 Å². The predicted molar refractivity (Wildman–Crippen MR) is 134 cm³/mol. The topological polar surface area (TPSA) is 41.4 Å². The fourth-order valence-electron chi connectivity index (χ4n) is 4.12. The molecule has 0 bridgehead atoms. The lowest BCUT2D eigenvalue weighted by Gasteiger charge is -2.36. The van der Waals surface area contributed by atoms with E-state index >= 15 is 0 Å². The van der Waals surface area contributed by atoms with E-state index in [0.717, 1.165) is 5.69 Å². The van der Waals surface area contributed by atoms with Crippen LogP contribution in [0.5, 0.6) is 0 Å². The van der Waals surface area contributed by atoms with Crippen LogP contribution in [0.4, 0.5) is 10.1 Å². The second-order valence-corrected chi connectivity index (χ2v) is 8.91. The summed E-state index contributed by atoms with van der Waals surface area (Å²) in [6.07, 6.45) is 0. The number of halogens is 3. The summed E-state index contributed by atoms with van der Waals surface area (Å²) in [5, 5.41) is 5.85. The number of hydrogen-bond donors (Lipinski definition) is 0. The molecule has 0 atom stereocenters. The first-order valence-electron chi connectivity index (χ1n) is 10.9. The number of carbonyl (C=O) groups excluding carboxylic acids is 1. The highest BCUT2D eigenvalue weighted by atomic mass is 35.5. The number of nitrogens with zero attached hydrogens (tertiary/aromatic N) is 4. The van der Waals surface area contributed by atoms with E-state index in [-0.39, 0.29) is 5.91 Å². The Bertz CT molecular complexity index is 1330. The SMILES string of the molecule is O=C(c1cc(-c2ccccc2F)nn1-c1ccc(Cl)cc1)N1CCN(c2cccc(Cl)c2)CC1. The maximum atomic E-state index is 14.5. The van der Waals surface area contributed by atoms with Gasteiger partial charge in [0, 0.05) is 47.5 Å². The van der Waals surface area contributed by atoms with Gasteiger partial charge in [-0.2, -0.15) is 5.10 Å². The van der Waals surface area contributed by atoms with E-state index in [1.807, 2.05) is 24.3 Å². The average Bonchev–Trinajstić information content (AvgIpc) is 3.29. The van der Waals surface area contributed by atoms with E-state index in [9.17, 15) is 9.18 Å². The normalized spacial score (nSPS) is 13.9. The molecule has 1 saturated heterocycles. The van der Waals surface area contributed by atoms with Crippen LogP contribution in [0.3, 0.4) is 0 Å². The zero-order valence-corrected chi connectivity index (χ0v) is 19.7. The second kappa shape index (κ2) is 9.49. The number of piperazine rings is 1. The molecule has 172 valence electrons. The molecule has 0 saturated carbocycles. The van der Waals surface area contributed by atoms with Crippen molar-refractivity contribution in [2.75, 3.05) is 31.1 Å². The fraction of sp³-hybridized carbons (Fsp3) is 0.154. The monoisotopic (exact) mass is 494 g/mol. The van der Waals surface area contributed by atoms with E-state index in [2.05, 4.69) is 10.00 Å². The van der Waals surface area contributed by atoms with Crippen molar-refractivity contribution >= 4 is 34.8 Å². The third kappa shape index (κ3) is 4.52. The molecule has 1 aliphatic rings. The molecule has 0 spiro atoms. The van der Waals surface area contributed by atoms with Gasteiger partial charge < -0.3 is 9.80 Å². The van der Waals surface area contributed by atoms with Crippen LogP contribution >= 0.6 is 23.2 Å². The molecule has 0 radical (unpaired) electrons. The summed E-state index contributed by atoms with van der Waals surface area (Å²) in [4.78, 5) is 17.6. The van der Waals surface area contributed by atoms with Gasteiger partial charge in [-0.15, -0.1) is 0 Å². The van der Waals surface area contributed by atoms with Crippen molar-refractivity contribution < 1.29 is 9.18 Å². The molecule has 5 rings (SSSR count). The maximum Gasteiger partial charge on any atom is 0.272 e. The van der Waals surface area contributed by atoms with E-state index in [4.69, 9.17) is 23.2 Å². The average molecular weight is 495 g/mol. The van der Waals surface area contributed by atoms with E-state index < -0.39 is 5.82 Å². The van der Waals surface area contributed by atoms with E-state index in [1.54, 1.807) is 58.1 Å². The third-order valence-electron chi connectivity index (χ3n) is 5.89. The van der Waals surface area contributed by atoms with Gasteiger partial charge in [0.25, 0.3) is 5.91 Å². The number of amides is 1. The van der Waals surface area contributed by atoms with Crippen molar-refractivity contribution in [2.24, 2.45) is 0 Å². The van der Waals surface area contributed by atoms with Gasteiger partial charge in [-0.1, -0.05) is 41.4 Å².